The van der Waals surface area contributed by atoms with Gasteiger partial charge < -0.3 is 5.11 Å². The molecule has 0 amide bonds. The fourth-order valence-electron chi connectivity index (χ4n) is 0.151. The second kappa shape index (κ2) is 2.63. The van der Waals surface area contributed by atoms with Crippen molar-refractivity contribution in [3.05, 3.63) is 0 Å². The minimum atomic E-state index is -1.58. The Morgan fingerprint density at radius 1 is 1.57 bits per heavy atom. The van der Waals surface area contributed by atoms with Gasteiger partial charge in [0.2, 0.25) is 0 Å². The number of rotatable bonds is 2. The smallest absolute Gasteiger partial charge is 0.0990 e. The van der Waals surface area contributed by atoms with E-state index in [9.17, 15) is 0 Å². The van der Waals surface area contributed by atoms with E-state index in [1.165, 1.54) is 0 Å². The fraction of sp³-hybridized carbons (Fsp3) is 1.00. The van der Waals surface area contributed by atoms with Gasteiger partial charge in [-0.3, -0.25) is 0 Å². The highest BCUT2D eigenvalue weighted by Gasteiger charge is 2.08. The summed E-state index contributed by atoms with van der Waals surface area (Å²) in [5, 5.41) is 6.91. The molecule has 0 saturated carbocycles. The first-order valence-corrected chi connectivity index (χ1v) is 2.46. The summed E-state index contributed by atoms with van der Waals surface area (Å²) in [5.74, 6) is 0.281. The van der Waals surface area contributed by atoms with Gasteiger partial charge in [0, 0.05) is 5.88 Å². The van der Waals surface area contributed by atoms with Crippen LogP contribution in [0.25, 0.3) is 0 Å². The molecule has 4 radical (unpaired) electrons. The zero-order valence-corrected chi connectivity index (χ0v) is 4.65. The van der Waals surface area contributed by atoms with Crippen molar-refractivity contribution >= 4 is 27.3 Å². The summed E-state index contributed by atoms with van der Waals surface area (Å²) in [6, 6.07) is 0. The Hall–Kier alpha value is 0.380. The number of hydrogen-bond donors (Lipinski definition) is 1. The van der Waals surface area contributed by atoms with Gasteiger partial charge >= 0.3 is 0 Å². The summed E-state index contributed by atoms with van der Waals surface area (Å²) in [6.45, 7) is 0. The molecule has 4 heteroatoms. The zero-order chi connectivity index (χ0) is 5.91. The standard InChI is InChI=1S/C3H5B2ClO/c4-3(5,7)1-2-6/h7H,1-2H2. The lowest BCUT2D eigenvalue weighted by molar-refractivity contribution is 0.210. The number of aliphatic hydroxyl groups is 1. The van der Waals surface area contributed by atoms with Crippen molar-refractivity contribution < 1.29 is 5.11 Å². The zero-order valence-electron chi connectivity index (χ0n) is 3.89. The van der Waals surface area contributed by atoms with Crippen molar-refractivity contribution in [2.45, 2.75) is 11.8 Å². The average molecular weight is 114 g/mol. The molecule has 0 aliphatic rings. The topological polar surface area (TPSA) is 20.2 Å². The predicted octanol–water partition coefficient (Wildman–Crippen LogP) is -0.402. The lowest BCUT2D eigenvalue weighted by Crippen LogP contribution is -2.29. The molecule has 0 aromatic heterocycles. The minimum Gasteiger partial charge on any atom is -0.409 e. The van der Waals surface area contributed by atoms with Gasteiger partial charge in [0.05, 0.1) is 15.7 Å². The highest BCUT2D eigenvalue weighted by atomic mass is 35.5. The monoisotopic (exact) mass is 114 g/mol. The Labute approximate surface area is 50.9 Å². The van der Waals surface area contributed by atoms with Crippen LogP contribution in [0.5, 0.6) is 0 Å². The van der Waals surface area contributed by atoms with Crippen LogP contribution in [-0.4, -0.2) is 32.1 Å². The largest absolute Gasteiger partial charge is 0.409 e. The Morgan fingerprint density at radius 2 is 2.00 bits per heavy atom. The van der Waals surface area contributed by atoms with Gasteiger partial charge in [-0.25, -0.2) is 0 Å². The third kappa shape index (κ3) is 6.38. The van der Waals surface area contributed by atoms with Crippen LogP contribution < -0.4 is 0 Å². The van der Waals surface area contributed by atoms with Crippen LogP contribution in [0.1, 0.15) is 6.42 Å². The molecule has 0 atom stereocenters. The lowest BCUT2D eigenvalue weighted by Gasteiger charge is -2.14. The molecule has 0 rings (SSSR count). The van der Waals surface area contributed by atoms with Gasteiger partial charge in [0.15, 0.2) is 0 Å². The SMILES string of the molecule is [B]C([B])(O)CCCl. The van der Waals surface area contributed by atoms with Gasteiger partial charge in [0.25, 0.3) is 0 Å². The summed E-state index contributed by atoms with van der Waals surface area (Å²) in [6.07, 6.45) is 0.217. The number of alkyl halides is 1. The second-order valence-electron chi connectivity index (χ2n) is 1.43. The van der Waals surface area contributed by atoms with E-state index in [2.05, 4.69) is 0 Å². The molecular formula is C3H5B2ClO. The molecule has 36 valence electrons. The van der Waals surface area contributed by atoms with Crippen molar-refractivity contribution in [3.8, 4) is 0 Å². The molecule has 0 aliphatic heterocycles. The van der Waals surface area contributed by atoms with E-state index < -0.39 is 5.40 Å². The molecule has 0 aromatic carbocycles. The van der Waals surface area contributed by atoms with Crippen LogP contribution in [0.4, 0.5) is 0 Å². The molecule has 0 spiro atoms. The second-order valence-corrected chi connectivity index (χ2v) is 1.81. The first-order chi connectivity index (χ1) is 3.06. The highest BCUT2D eigenvalue weighted by Crippen LogP contribution is 1.98. The maximum absolute atomic E-state index is 8.49. The Balaban J connectivity index is 3.15. The summed E-state index contributed by atoms with van der Waals surface area (Å²) >= 11 is 5.17. The van der Waals surface area contributed by atoms with Crippen LogP contribution >= 0.6 is 11.6 Å². The molecule has 0 bridgehead atoms. The quantitative estimate of drug-likeness (QED) is 0.382. The summed E-state index contributed by atoms with van der Waals surface area (Å²) in [7, 11) is 9.79. The van der Waals surface area contributed by atoms with Gasteiger partial charge in [-0.2, -0.15) is 0 Å². The van der Waals surface area contributed by atoms with E-state index in [0.717, 1.165) is 0 Å². The molecule has 0 fully saturated rings. The maximum atomic E-state index is 8.49. The van der Waals surface area contributed by atoms with E-state index in [1.807, 2.05) is 0 Å². The van der Waals surface area contributed by atoms with E-state index >= 15 is 0 Å². The summed E-state index contributed by atoms with van der Waals surface area (Å²) in [5.41, 5.74) is 0. The Kier molecular flexibility index (Phi) is 2.77. The van der Waals surface area contributed by atoms with E-state index in [4.69, 9.17) is 32.4 Å². The van der Waals surface area contributed by atoms with Crippen LogP contribution in [0.3, 0.4) is 0 Å². The molecule has 1 N–H and O–H groups in total. The number of halogens is 1. The van der Waals surface area contributed by atoms with E-state index in [-0.39, 0.29) is 12.3 Å². The molecule has 7 heavy (non-hydrogen) atoms. The van der Waals surface area contributed by atoms with E-state index in [0.29, 0.717) is 0 Å². The molecule has 0 saturated heterocycles. The van der Waals surface area contributed by atoms with Gasteiger partial charge in [0.1, 0.15) is 0 Å². The summed E-state index contributed by atoms with van der Waals surface area (Å²) < 4.78 is 0. The lowest BCUT2D eigenvalue weighted by atomic mass is 9.64. The van der Waals surface area contributed by atoms with Crippen molar-refractivity contribution in [1.82, 2.24) is 0 Å². The van der Waals surface area contributed by atoms with Crippen LogP contribution in [0.15, 0.2) is 0 Å². The van der Waals surface area contributed by atoms with Gasteiger partial charge in [-0.15, -0.1) is 11.6 Å². The molecule has 0 aliphatic carbocycles. The average Bonchev–Trinajstić information content (AvgIpc) is 1.30. The molecule has 1 nitrogen and oxygen atoms in total. The Bertz CT molecular complexity index is 51.4. The van der Waals surface area contributed by atoms with Crippen LogP contribution in [0.2, 0.25) is 0 Å². The van der Waals surface area contributed by atoms with Crippen molar-refractivity contribution in [1.29, 1.82) is 0 Å². The van der Waals surface area contributed by atoms with Crippen molar-refractivity contribution in [2.75, 3.05) is 5.88 Å². The molecule has 0 heterocycles. The van der Waals surface area contributed by atoms with Crippen LogP contribution in [0, 0.1) is 0 Å². The third-order valence-electron chi connectivity index (χ3n) is 0.495. The fourth-order valence-corrected chi connectivity index (χ4v) is 0.454. The molecule has 0 unspecified atom stereocenters. The Morgan fingerprint density at radius 3 is 2.00 bits per heavy atom. The minimum absolute atomic E-state index is 0.217. The number of hydrogen-bond acceptors (Lipinski definition) is 1. The predicted molar refractivity (Wildman–Crippen MR) is 31.8 cm³/mol. The molecular weight excluding hydrogens is 109 g/mol. The van der Waals surface area contributed by atoms with Crippen LogP contribution in [-0.2, 0) is 0 Å². The van der Waals surface area contributed by atoms with Gasteiger partial charge in [-0.05, 0) is 11.8 Å². The highest BCUT2D eigenvalue weighted by molar-refractivity contribution is 6.39. The van der Waals surface area contributed by atoms with Crippen molar-refractivity contribution in [3.63, 3.8) is 0 Å². The van der Waals surface area contributed by atoms with Crippen molar-refractivity contribution in [2.24, 2.45) is 0 Å². The van der Waals surface area contributed by atoms with Gasteiger partial charge in [-0.1, -0.05) is 0 Å². The summed E-state index contributed by atoms with van der Waals surface area (Å²) in [4.78, 5) is 0. The maximum Gasteiger partial charge on any atom is 0.0990 e. The normalized spacial score (nSPS) is 11.7. The molecule has 0 aromatic rings. The third-order valence-corrected chi connectivity index (χ3v) is 0.684. The first-order valence-electron chi connectivity index (χ1n) is 1.92. The van der Waals surface area contributed by atoms with E-state index in [1.54, 1.807) is 0 Å². The first kappa shape index (κ1) is 7.38.